The van der Waals surface area contributed by atoms with Crippen molar-refractivity contribution in [1.82, 2.24) is 5.32 Å². The Hall–Kier alpha value is -1.22. The Kier molecular flexibility index (Phi) is 5.92. The standard InChI is InChI=1S/C18H29NO2/c1-13(2)9-15(10-14(3)4)19-11-16-12-20-17-7-5-6-8-18(17)21-16/h5-8,13-16,19H,9-12H2,1-4H3. The van der Waals surface area contributed by atoms with E-state index < -0.39 is 0 Å². The Balaban J connectivity index is 1.84. The summed E-state index contributed by atoms with van der Waals surface area (Å²) in [6.45, 7) is 10.6. The van der Waals surface area contributed by atoms with Crippen molar-refractivity contribution in [2.24, 2.45) is 11.8 Å². The fourth-order valence-electron chi connectivity index (χ4n) is 2.86. The minimum Gasteiger partial charge on any atom is -0.486 e. The summed E-state index contributed by atoms with van der Waals surface area (Å²) in [6, 6.07) is 8.45. The maximum absolute atomic E-state index is 6.00. The number of hydrogen-bond acceptors (Lipinski definition) is 3. The molecule has 3 nitrogen and oxygen atoms in total. The summed E-state index contributed by atoms with van der Waals surface area (Å²) >= 11 is 0. The van der Waals surface area contributed by atoms with Crippen molar-refractivity contribution in [3.63, 3.8) is 0 Å². The van der Waals surface area contributed by atoms with Crippen LogP contribution < -0.4 is 14.8 Å². The van der Waals surface area contributed by atoms with Gasteiger partial charge in [0.1, 0.15) is 12.7 Å². The number of fused-ring (bicyclic) bond motifs is 1. The van der Waals surface area contributed by atoms with Crippen molar-refractivity contribution < 1.29 is 9.47 Å². The van der Waals surface area contributed by atoms with Gasteiger partial charge < -0.3 is 14.8 Å². The third kappa shape index (κ3) is 5.24. The van der Waals surface area contributed by atoms with Gasteiger partial charge >= 0.3 is 0 Å². The van der Waals surface area contributed by atoms with E-state index in [1.807, 2.05) is 24.3 Å². The third-order valence-corrected chi connectivity index (χ3v) is 3.71. The van der Waals surface area contributed by atoms with Gasteiger partial charge in [0, 0.05) is 12.6 Å². The van der Waals surface area contributed by atoms with Crippen molar-refractivity contribution in [3.05, 3.63) is 24.3 Å². The number of benzene rings is 1. The summed E-state index contributed by atoms with van der Waals surface area (Å²) in [7, 11) is 0. The molecule has 0 radical (unpaired) electrons. The fraction of sp³-hybridized carbons (Fsp3) is 0.667. The SMILES string of the molecule is CC(C)CC(CC(C)C)NCC1COc2ccccc2O1. The molecule has 3 heteroatoms. The van der Waals surface area contributed by atoms with E-state index >= 15 is 0 Å². The van der Waals surface area contributed by atoms with Crippen LogP contribution in [0.3, 0.4) is 0 Å². The number of rotatable bonds is 7. The van der Waals surface area contributed by atoms with Crippen LogP contribution in [0.4, 0.5) is 0 Å². The van der Waals surface area contributed by atoms with Gasteiger partial charge in [0.05, 0.1) is 0 Å². The molecule has 1 unspecified atom stereocenters. The summed E-state index contributed by atoms with van der Waals surface area (Å²) in [6.07, 6.45) is 2.52. The summed E-state index contributed by atoms with van der Waals surface area (Å²) in [5, 5.41) is 3.68. The second-order valence-corrected chi connectivity index (χ2v) is 6.86. The van der Waals surface area contributed by atoms with E-state index in [1.54, 1.807) is 0 Å². The summed E-state index contributed by atoms with van der Waals surface area (Å²) in [5.74, 6) is 3.14. The van der Waals surface area contributed by atoms with Gasteiger partial charge in [-0.05, 0) is 36.8 Å². The summed E-state index contributed by atoms with van der Waals surface area (Å²) < 4.78 is 11.8. The molecular weight excluding hydrogens is 262 g/mol. The van der Waals surface area contributed by atoms with E-state index in [1.165, 1.54) is 12.8 Å². The molecule has 21 heavy (non-hydrogen) atoms. The van der Waals surface area contributed by atoms with Crippen LogP contribution >= 0.6 is 0 Å². The smallest absolute Gasteiger partial charge is 0.161 e. The normalized spacial score (nSPS) is 17.8. The fourth-order valence-corrected chi connectivity index (χ4v) is 2.86. The highest BCUT2D eigenvalue weighted by molar-refractivity contribution is 5.40. The molecule has 2 rings (SSSR count). The van der Waals surface area contributed by atoms with Crippen molar-refractivity contribution >= 4 is 0 Å². The predicted molar refractivity (Wildman–Crippen MR) is 87.1 cm³/mol. The quantitative estimate of drug-likeness (QED) is 0.827. The summed E-state index contributed by atoms with van der Waals surface area (Å²) in [5.41, 5.74) is 0. The van der Waals surface area contributed by atoms with Crippen LogP contribution in [0.1, 0.15) is 40.5 Å². The van der Waals surface area contributed by atoms with E-state index in [2.05, 4.69) is 33.0 Å². The maximum Gasteiger partial charge on any atom is 0.161 e. The summed E-state index contributed by atoms with van der Waals surface area (Å²) in [4.78, 5) is 0. The number of para-hydroxylation sites is 2. The second kappa shape index (κ2) is 7.69. The van der Waals surface area contributed by atoms with Gasteiger partial charge in [-0.25, -0.2) is 0 Å². The highest BCUT2D eigenvalue weighted by Crippen LogP contribution is 2.30. The van der Waals surface area contributed by atoms with Crippen LogP contribution in [0.2, 0.25) is 0 Å². The Morgan fingerprint density at radius 3 is 2.29 bits per heavy atom. The lowest BCUT2D eigenvalue weighted by molar-refractivity contribution is 0.0867. The molecule has 1 atom stereocenters. The molecule has 1 aliphatic heterocycles. The van der Waals surface area contributed by atoms with E-state index in [-0.39, 0.29) is 6.10 Å². The predicted octanol–water partition coefficient (Wildman–Crippen LogP) is 3.88. The molecule has 118 valence electrons. The van der Waals surface area contributed by atoms with Gasteiger partial charge in [-0.1, -0.05) is 39.8 Å². The van der Waals surface area contributed by atoms with Crippen LogP contribution in [-0.2, 0) is 0 Å². The minimum atomic E-state index is 0.0988. The minimum absolute atomic E-state index is 0.0988. The van der Waals surface area contributed by atoms with Crippen molar-refractivity contribution in [2.75, 3.05) is 13.2 Å². The van der Waals surface area contributed by atoms with E-state index in [9.17, 15) is 0 Å². The van der Waals surface area contributed by atoms with Crippen LogP contribution in [0.25, 0.3) is 0 Å². The van der Waals surface area contributed by atoms with E-state index in [4.69, 9.17) is 9.47 Å². The molecule has 0 saturated carbocycles. The first-order chi connectivity index (χ1) is 10.0. The maximum atomic E-state index is 6.00. The molecule has 1 aromatic carbocycles. The number of nitrogens with one attached hydrogen (secondary N) is 1. The van der Waals surface area contributed by atoms with Gasteiger partial charge in [-0.3, -0.25) is 0 Å². The Labute approximate surface area is 129 Å². The van der Waals surface area contributed by atoms with Crippen molar-refractivity contribution in [1.29, 1.82) is 0 Å². The molecule has 0 bridgehead atoms. The third-order valence-electron chi connectivity index (χ3n) is 3.71. The lowest BCUT2D eigenvalue weighted by atomic mass is 9.95. The zero-order valence-corrected chi connectivity index (χ0v) is 13.8. The van der Waals surface area contributed by atoms with Crippen molar-refractivity contribution in [2.45, 2.75) is 52.7 Å². The van der Waals surface area contributed by atoms with Gasteiger partial charge in [-0.2, -0.15) is 0 Å². The molecule has 0 fully saturated rings. The molecule has 0 aliphatic carbocycles. The van der Waals surface area contributed by atoms with Gasteiger partial charge in [0.15, 0.2) is 11.5 Å². The Morgan fingerprint density at radius 2 is 1.67 bits per heavy atom. The van der Waals surface area contributed by atoms with Gasteiger partial charge in [0.25, 0.3) is 0 Å². The molecule has 1 heterocycles. The Morgan fingerprint density at radius 1 is 1.05 bits per heavy atom. The lowest BCUT2D eigenvalue weighted by Crippen LogP contribution is -2.43. The van der Waals surface area contributed by atoms with Crippen molar-refractivity contribution in [3.8, 4) is 11.5 Å². The largest absolute Gasteiger partial charge is 0.486 e. The Bertz CT molecular complexity index is 421. The monoisotopic (exact) mass is 291 g/mol. The first-order valence-corrected chi connectivity index (χ1v) is 8.16. The topological polar surface area (TPSA) is 30.5 Å². The van der Waals surface area contributed by atoms with Crippen LogP contribution in [0.15, 0.2) is 24.3 Å². The second-order valence-electron chi connectivity index (χ2n) is 6.86. The zero-order chi connectivity index (χ0) is 15.2. The first kappa shape index (κ1) is 16.2. The van der Waals surface area contributed by atoms with Gasteiger partial charge in [-0.15, -0.1) is 0 Å². The first-order valence-electron chi connectivity index (χ1n) is 8.16. The van der Waals surface area contributed by atoms with E-state index in [0.29, 0.717) is 24.5 Å². The average molecular weight is 291 g/mol. The van der Waals surface area contributed by atoms with E-state index in [0.717, 1.165) is 18.0 Å². The highest BCUT2D eigenvalue weighted by Gasteiger charge is 2.22. The highest BCUT2D eigenvalue weighted by atomic mass is 16.6. The van der Waals surface area contributed by atoms with Crippen LogP contribution in [0.5, 0.6) is 11.5 Å². The molecule has 0 aromatic heterocycles. The van der Waals surface area contributed by atoms with Crippen LogP contribution in [-0.4, -0.2) is 25.3 Å². The molecule has 0 spiro atoms. The molecule has 1 aromatic rings. The zero-order valence-electron chi connectivity index (χ0n) is 13.8. The molecular formula is C18H29NO2. The van der Waals surface area contributed by atoms with Crippen LogP contribution in [0, 0.1) is 11.8 Å². The average Bonchev–Trinajstić information content (AvgIpc) is 2.43. The molecule has 1 N–H and O–H groups in total. The number of ether oxygens (including phenoxy) is 2. The number of hydrogen-bond donors (Lipinski definition) is 1. The molecule has 0 amide bonds. The molecule has 0 saturated heterocycles. The lowest BCUT2D eigenvalue weighted by Gasteiger charge is -2.29. The molecule has 1 aliphatic rings. The van der Waals surface area contributed by atoms with Gasteiger partial charge in [0.2, 0.25) is 0 Å².